The van der Waals surface area contributed by atoms with Crippen LogP contribution in [0, 0.1) is 0 Å². The summed E-state index contributed by atoms with van der Waals surface area (Å²) in [5, 5.41) is 5.25. The summed E-state index contributed by atoms with van der Waals surface area (Å²) in [7, 11) is 0. The molecule has 0 aliphatic carbocycles. The Bertz CT molecular complexity index is 930. The first-order valence-electron chi connectivity index (χ1n) is 7.39. The quantitative estimate of drug-likeness (QED) is 0.428. The molecule has 0 bridgehead atoms. The fraction of sp³-hybridized carbons (Fsp3) is 0.111. The number of ether oxygens (including phenoxy) is 1. The lowest BCUT2D eigenvalue weighted by Crippen LogP contribution is -2.02. The van der Waals surface area contributed by atoms with Crippen molar-refractivity contribution < 1.29 is 14.4 Å². The topological polar surface area (TPSA) is 47.9 Å². The van der Waals surface area contributed by atoms with Gasteiger partial charge in [-0.2, -0.15) is 0 Å². The fourth-order valence-electron chi connectivity index (χ4n) is 2.28. The SMILES string of the molecule is CC1=NOC(=O)/C1=C\c1cc(Cl)c(OCc2ccc(Cl)cc2Cl)c(Cl)c1. The highest BCUT2D eigenvalue weighted by Gasteiger charge is 2.22. The summed E-state index contributed by atoms with van der Waals surface area (Å²) in [5.74, 6) is -0.201. The fourth-order valence-corrected chi connectivity index (χ4v) is 3.35. The molecule has 0 radical (unpaired) electrons. The molecule has 26 heavy (non-hydrogen) atoms. The van der Waals surface area contributed by atoms with E-state index in [1.807, 2.05) is 0 Å². The molecule has 134 valence electrons. The van der Waals surface area contributed by atoms with Gasteiger partial charge in [-0.3, -0.25) is 0 Å². The molecule has 4 nitrogen and oxygen atoms in total. The second-order valence-electron chi connectivity index (χ2n) is 5.45. The van der Waals surface area contributed by atoms with Gasteiger partial charge >= 0.3 is 5.97 Å². The summed E-state index contributed by atoms with van der Waals surface area (Å²) >= 11 is 24.6. The van der Waals surface area contributed by atoms with E-state index in [9.17, 15) is 4.79 Å². The molecule has 0 saturated carbocycles. The van der Waals surface area contributed by atoms with Crippen LogP contribution in [-0.4, -0.2) is 11.7 Å². The first-order chi connectivity index (χ1) is 12.3. The van der Waals surface area contributed by atoms with Crippen LogP contribution in [-0.2, 0) is 16.2 Å². The predicted molar refractivity (Wildman–Crippen MR) is 104 cm³/mol. The van der Waals surface area contributed by atoms with E-state index in [-0.39, 0.29) is 6.61 Å². The van der Waals surface area contributed by atoms with Crippen molar-refractivity contribution >= 4 is 64.2 Å². The molecule has 1 heterocycles. The minimum absolute atomic E-state index is 0.175. The van der Waals surface area contributed by atoms with Crippen molar-refractivity contribution in [2.75, 3.05) is 0 Å². The molecule has 2 aromatic rings. The van der Waals surface area contributed by atoms with E-state index in [4.69, 9.17) is 51.1 Å². The Balaban J connectivity index is 1.83. The van der Waals surface area contributed by atoms with Crippen LogP contribution in [0.5, 0.6) is 5.75 Å². The largest absolute Gasteiger partial charge is 0.486 e. The van der Waals surface area contributed by atoms with Gasteiger partial charge in [0.2, 0.25) is 0 Å². The third-order valence-electron chi connectivity index (χ3n) is 3.59. The minimum atomic E-state index is -0.521. The standard InChI is InChI=1S/C18H11Cl4NO3/c1-9-13(18(24)26-23-9)4-10-5-15(21)17(16(22)6-10)25-8-11-2-3-12(19)7-14(11)20/h2-7H,8H2,1H3/b13-4-. The van der Waals surface area contributed by atoms with Crippen molar-refractivity contribution in [3.05, 3.63) is 67.1 Å². The Labute approximate surface area is 169 Å². The summed E-state index contributed by atoms with van der Waals surface area (Å²) in [6.07, 6.45) is 1.60. The molecule has 0 N–H and O–H groups in total. The predicted octanol–water partition coefficient (Wildman–Crippen LogP) is 6.20. The number of halogens is 4. The van der Waals surface area contributed by atoms with Gasteiger partial charge in [0, 0.05) is 15.6 Å². The first kappa shape index (κ1) is 19.1. The van der Waals surface area contributed by atoms with Gasteiger partial charge in [0.15, 0.2) is 5.75 Å². The van der Waals surface area contributed by atoms with E-state index in [0.29, 0.717) is 42.7 Å². The molecule has 2 aromatic carbocycles. The zero-order valence-electron chi connectivity index (χ0n) is 13.4. The van der Waals surface area contributed by atoms with Crippen LogP contribution in [0.4, 0.5) is 0 Å². The van der Waals surface area contributed by atoms with E-state index >= 15 is 0 Å². The monoisotopic (exact) mass is 429 g/mol. The number of oxime groups is 1. The zero-order valence-corrected chi connectivity index (χ0v) is 16.4. The number of hydrogen-bond donors (Lipinski definition) is 0. The van der Waals surface area contributed by atoms with Gasteiger partial charge in [-0.1, -0.05) is 57.6 Å². The van der Waals surface area contributed by atoms with E-state index in [1.54, 1.807) is 43.3 Å². The molecule has 8 heteroatoms. The Morgan fingerprint density at radius 3 is 2.35 bits per heavy atom. The van der Waals surface area contributed by atoms with Crippen molar-refractivity contribution in [3.63, 3.8) is 0 Å². The van der Waals surface area contributed by atoms with Gasteiger partial charge in [-0.15, -0.1) is 0 Å². The van der Waals surface area contributed by atoms with Gasteiger partial charge in [-0.05, 0) is 42.8 Å². The molecular weight excluding hydrogens is 420 g/mol. The van der Waals surface area contributed by atoms with Crippen LogP contribution in [0.15, 0.2) is 41.1 Å². The van der Waals surface area contributed by atoms with Crippen molar-refractivity contribution in [3.8, 4) is 5.75 Å². The average Bonchev–Trinajstić information content (AvgIpc) is 2.88. The van der Waals surface area contributed by atoms with E-state index < -0.39 is 5.97 Å². The van der Waals surface area contributed by atoms with Crippen molar-refractivity contribution in [1.82, 2.24) is 0 Å². The first-order valence-corrected chi connectivity index (χ1v) is 8.90. The van der Waals surface area contributed by atoms with Crippen molar-refractivity contribution in [1.29, 1.82) is 0 Å². The van der Waals surface area contributed by atoms with Gasteiger partial charge in [0.25, 0.3) is 0 Å². The smallest absolute Gasteiger partial charge is 0.367 e. The molecule has 0 spiro atoms. The summed E-state index contributed by atoms with van der Waals surface area (Å²) in [6.45, 7) is 1.85. The molecule has 0 fully saturated rings. The zero-order chi connectivity index (χ0) is 18.8. The number of rotatable bonds is 4. The van der Waals surface area contributed by atoms with Crippen LogP contribution in [0.2, 0.25) is 20.1 Å². The van der Waals surface area contributed by atoms with E-state index in [0.717, 1.165) is 5.56 Å². The third-order valence-corrected chi connectivity index (χ3v) is 4.74. The summed E-state index contributed by atoms with van der Waals surface area (Å²) < 4.78 is 5.71. The van der Waals surface area contributed by atoms with Gasteiger partial charge < -0.3 is 9.57 Å². The number of nitrogens with zero attached hydrogens (tertiary/aromatic N) is 1. The van der Waals surface area contributed by atoms with Crippen LogP contribution in [0.1, 0.15) is 18.1 Å². The molecule has 3 rings (SSSR count). The molecule has 0 saturated heterocycles. The second-order valence-corrected chi connectivity index (χ2v) is 7.11. The van der Waals surface area contributed by atoms with E-state index in [1.165, 1.54) is 0 Å². The molecule has 1 aliphatic heterocycles. The number of carbonyl (C=O) groups excluding carboxylic acids is 1. The number of hydrogen-bond acceptors (Lipinski definition) is 4. The Hall–Kier alpha value is -1.72. The molecule has 1 aliphatic rings. The molecule has 0 unspecified atom stereocenters. The lowest BCUT2D eigenvalue weighted by atomic mass is 10.1. The maximum Gasteiger partial charge on any atom is 0.367 e. The minimum Gasteiger partial charge on any atom is -0.486 e. The Morgan fingerprint density at radius 2 is 1.77 bits per heavy atom. The van der Waals surface area contributed by atoms with Crippen LogP contribution < -0.4 is 4.74 Å². The molecule has 0 amide bonds. The molecule has 0 atom stereocenters. The average molecular weight is 431 g/mol. The molecular formula is C18H11Cl4NO3. The van der Waals surface area contributed by atoms with E-state index in [2.05, 4.69) is 9.99 Å². The van der Waals surface area contributed by atoms with Crippen LogP contribution in [0.25, 0.3) is 6.08 Å². The normalized spacial score (nSPS) is 15.2. The highest BCUT2D eigenvalue weighted by atomic mass is 35.5. The maximum atomic E-state index is 11.6. The highest BCUT2D eigenvalue weighted by Crippen LogP contribution is 2.36. The molecule has 0 aromatic heterocycles. The van der Waals surface area contributed by atoms with Crippen LogP contribution >= 0.6 is 46.4 Å². The van der Waals surface area contributed by atoms with Gasteiger partial charge in [-0.25, -0.2) is 4.79 Å². The third kappa shape index (κ3) is 4.15. The van der Waals surface area contributed by atoms with Gasteiger partial charge in [0.05, 0.1) is 21.3 Å². The number of benzene rings is 2. The number of carbonyl (C=O) groups is 1. The van der Waals surface area contributed by atoms with Crippen LogP contribution in [0.3, 0.4) is 0 Å². The highest BCUT2D eigenvalue weighted by molar-refractivity contribution is 6.37. The summed E-state index contributed by atoms with van der Waals surface area (Å²) in [6, 6.07) is 8.38. The Kier molecular flexibility index (Phi) is 5.78. The Morgan fingerprint density at radius 1 is 1.08 bits per heavy atom. The van der Waals surface area contributed by atoms with Crippen molar-refractivity contribution in [2.45, 2.75) is 13.5 Å². The maximum absolute atomic E-state index is 11.6. The summed E-state index contributed by atoms with van der Waals surface area (Å²) in [4.78, 5) is 16.2. The lowest BCUT2D eigenvalue weighted by Gasteiger charge is -2.12. The van der Waals surface area contributed by atoms with Gasteiger partial charge in [0.1, 0.15) is 6.61 Å². The summed E-state index contributed by atoms with van der Waals surface area (Å²) in [5.41, 5.74) is 2.20. The van der Waals surface area contributed by atoms with Crippen molar-refractivity contribution in [2.24, 2.45) is 5.16 Å². The lowest BCUT2D eigenvalue weighted by molar-refractivity contribution is -0.136. The second kappa shape index (κ2) is 7.89.